The molecule has 0 saturated carbocycles. The van der Waals surface area contributed by atoms with E-state index in [-0.39, 0.29) is 36.2 Å². The summed E-state index contributed by atoms with van der Waals surface area (Å²) in [7, 11) is 1.35. The Labute approximate surface area is 214 Å². The molecular weight excluding hydrogens is 482 g/mol. The summed E-state index contributed by atoms with van der Waals surface area (Å²) in [5.41, 5.74) is 2.22. The fourth-order valence-electron chi connectivity index (χ4n) is 5.53. The van der Waals surface area contributed by atoms with Gasteiger partial charge in [0.05, 0.1) is 30.5 Å². The summed E-state index contributed by atoms with van der Waals surface area (Å²) in [4.78, 5) is 56.8. The SMILES string of the molecule is COC(=O)[C@@H]1CCCN1C(=O)C1CCN(c2cccc3c2C(=O)N(Cc2ccccc2Cl)C3=O)CC1. The number of imide groups is 1. The summed E-state index contributed by atoms with van der Waals surface area (Å²) in [6.45, 7) is 1.84. The number of hydrogen-bond acceptors (Lipinski definition) is 6. The van der Waals surface area contributed by atoms with Crippen molar-refractivity contribution in [1.29, 1.82) is 0 Å². The predicted octanol–water partition coefficient (Wildman–Crippen LogP) is 3.52. The molecule has 8 nitrogen and oxygen atoms in total. The summed E-state index contributed by atoms with van der Waals surface area (Å²) in [5, 5.41) is 0.508. The number of fused-ring (bicyclic) bond motifs is 1. The number of anilines is 1. The van der Waals surface area contributed by atoms with Crippen LogP contribution in [0.1, 0.15) is 52.0 Å². The molecule has 0 spiro atoms. The first-order chi connectivity index (χ1) is 17.4. The summed E-state index contributed by atoms with van der Waals surface area (Å²) in [6, 6.07) is 12.0. The number of carbonyl (C=O) groups is 4. The monoisotopic (exact) mass is 509 g/mol. The van der Waals surface area contributed by atoms with Gasteiger partial charge in [0.1, 0.15) is 6.04 Å². The maximum Gasteiger partial charge on any atom is 0.328 e. The molecule has 2 aromatic rings. The third-order valence-corrected chi connectivity index (χ3v) is 7.83. The maximum absolute atomic E-state index is 13.4. The molecule has 0 radical (unpaired) electrons. The van der Waals surface area contributed by atoms with Crippen molar-refractivity contribution in [1.82, 2.24) is 9.80 Å². The van der Waals surface area contributed by atoms with Gasteiger partial charge in [-0.05, 0) is 49.4 Å². The van der Waals surface area contributed by atoms with E-state index in [4.69, 9.17) is 16.3 Å². The Balaban J connectivity index is 1.30. The van der Waals surface area contributed by atoms with Crippen molar-refractivity contribution in [3.8, 4) is 0 Å². The van der Waals surface area contributed by atoms with Crippen LogP contribution in [0.3, 0.4) is 0 Å². The van der Waals surface area contributed by atoms with Gasteiger partial charge in [0.15, 0.2) is 0 Å². The fraction of sp³-hybridized carbons (Fsp3) is 0.407. The average Bonchev–Trinajstić information content (AvgIpc) is 3.49. The summed E-state index contributed by atoms with van der Waals surface area (Å²) >= 11 is 6.27. The van der Waals surface area contributed by atoms with Gasteiger partial charge in [0, 0.05) is 30.6 Å². The van der Waals surface area contributed by atoms with Gasteiger partial charge in [-0.1, -0.05) is 35.9 Å². The van der Waals surface area contributed by atoms with Gasteiger partial charge in [0.25, 0.3) is 11.8 Å². The molecule has 2 aromatic carbocycles. The van der Waals surface area contributed by atoms with Gasteiger partial charge < -0.3 is 14.5 Å². The topological polar surface area (TPSA) is 87.2 Å². The fourth-order valence-corrected chi connectivity index (χ4v) is 5.73. The second-order valence-corrected chi connectivity index (χ2v) is 9.87. The Morgan fingerprint density at radius 2 is 1.72 bits per heavy atom. The summed E-state index contributed by atoms with van der Waals surface area (Å²) in [6.07, 6.45) is 2.65. The van der Waals surface area contributed by atoms with Gasteiger partial charge in [-0.25, -0.2) is 4.79 Å². The lowest BCUT2D eigenvalue weighted by Crippen LogP contribution is -2.47. The minimum atomic E-state index is -0.495. The molecule has 188 valence electrons. The highest BCUT2D eigenvalue weighted by molar-refractivity contribution is 6.31. The van der Waals surface area contributed by atoms with Gasteiger partial charge in [0.2, 0.25) is 5.91 Å². The minimum absolute atomic E-state index is 0.00184. The smallest absolute Gasteiger partial charge is 0.328 e. The molecule has 3 heterocycles. The van der Waals surface area contributed by atoms with E-state index in [1.165, 1.54) is 12.0 Å². The van der Waals surface area contributed by atoms with E-state index in [2.05, 4.69) is 4.90 Å². The van der Waals surface area contributed by atoms with Crippen LogP contribution in [0.4, 0.5) is 5.69 Å². The molecule has 3 aliphatic heterocycles. The number of carbonyl (C=O) groups excluding carboxylic acids is 4. The van der Waals surface area contributed by atoms with Crippen LogP contribution in [0.25, 0.3) is 0 Å². The van der Waals surface area contributed by atoms with Crippen LogP contribution in [-0.4, -0.2) is 66.3 Å². The number of methoxy groups -OCH3 is 1. The highest BCUT2D eigenvalue weighted by Gasteiger charge is 2.41. The van der Waals surface area contributed by atoms with Crippen molar-refractivity contribution < 1.29 is 23.9 Å². The van der Waals surface area contributed by atoms with Gasteiger partial charge in [-0.2, -0.15) is 0 Å². The van der Waals surface area contributed by atoms with Crippen molar-refractivity contribution in [3.05, 3.63) is 64.2 Å². The highest BCUT2D eigenvalue weighted by atomic mass is 35.5. The van der Waals surface area contributed by atoms with E-state index in [1.807, 2.05) is 12.1 Å². The third-order valence-electron chi connectivity index (χ3n) is 7.46. The highest BCUT2D eigenvalue weighted by Crippen LogP contribution is 2.36. The van der Waals surface area contributed by atoms with Crippen LogP contribution in [0.5, 0.6) is 0 Å². The van der Waals surface area contributed by atoms with Crippen LogP contribution in [0, 0.1) is 5.92 Å². The average molecular weight is 510 g/mol. The second kappa shape index (κ2) is 9.93. The van der Waals surface area contributed by atoms with E-state index >= 15 is 0 Å². The van der Waals surface area contributed by atoms with E-state index in [1.54, 1.807) is 35.2 Å². The molecule has 0 aromatic heterocycles. The summed E-state index contributed by atoms with van der Waals surface area (Å²) < 4.78 is 4.88. The Hall–Kier alpha value is -3.39. The number of ether oxygens (including phenoxy) is 1. The zero-order valence-corrected chi connectivity index (χ0v) is 20.9. The molecule has 0 unspecified atom stereocenters. The molecule has 5 rings (SSSR count). The van der Waals surface area contributed by atoms with Crippen molar-refractivity contribution in [2.24, 2.45) is 5.92 Å². The Bertz CT molecular complexity index is 1220. The quantitative estimate of drug-likeness (QED) is 0.453. The first kappa shape index (κ1) is 24.3. The summed E-state index contributed by atoms with van der Waals surface area (Å²) in [5.74, 6) is -1.20. The number of likely N-dealkylation sites (tertiary alicyclic amines) is 1. The molecule has 0 bridgehead atoms. The molecular formula is C27H28ClN3O5. The third kappa shape index (κ3) is 4.23. The van der Waals surface area contributed by atoms with Gasteiger partial charge in [-0.15, -0.1) is 0 Å². The first-order valence-electron chi connectivity index (χ1n) is 12.3. The first-order valence-corrected chi connectivity index (χ1v) is 12.6. The second-order valence-electron chi connectivity index (χ2n) is 9.46. The number of rotatable bonds is 5. The van der Waals surface area contributed by atoms with Crippen LogP contribution in [0.15, 0.2) is 42.5 Å². The minimum Gasteiger partial charge on any atom is -0.467 e. The standard InChI is InChI=1S/C27H28ClN3O5/c1-36-27(35)22-10-5-13-30(22)24(32)17-11-14-29(15-12-17)21-9-4-7-19-23(21)26(34)31(25(19)33)16-18-6-2-3-8-20(18)28/h2-4,6-9,17,22H,5,10-16H2,1H3/t22-/m0/s1. The van der Waals surface area contributed by atoms with Crippen LogP contribution < -0.4 is 4.90 Å². The van der Waals surface area contributed by atoms with Crippen LogP contribution in [0.2, 0.25) is 5.02 Å². The number of halogens is 1. The van der Waals surface area contributed by atoms with E-state index < -0.39 is 6.04 Å². The normalized spacial score (nSPS) is 20.2. The number of amides is 3. The van der Waals surface area contributed by atoms with Crippen LogP contribution >= 0.6 is 11.6 Å². The zero-order chi connectivity index (χ0) is 25.4. The van der Waals surface area contributed by atoms with Gasteiger partial charge in [-0.3, -0.25) is 19.3 Å². The number of esters is 1. The largest absolute Gasteiger partial charge is 0.467 e. The lowest BCUT2D eigenvalue weighted by Gasteiger charge is -2.36. The van der Waals surface area contributed by atoms with E-state index in [0.29, 0.717) is 66.3 Å². The molecule has 1 atom stereocenters. The van der Waals surface area contributed by atoms with Crippen molar-refractivity contribution in [2.45, 2.75) is 38.3 Å². The van der Waals surface area contributed by atoms with Crippen molar-refractivity contribution >= 4 is 41.0 Å². The lowest BCUT2D eigenvalue weighted by molar-refractivity contribution is -0.152. The molecule has 2 fully saturated rings. The molecule has 3 aliphatic rings. The number of piperidine rings is 1. The van der Waals surface area contributed by atoms with E-state index in [9.17, 15) is 19.2 Å². The zero-order valence-electron chi connectivity index (χ0n) is 20.1. The van der Waals surface area contributed by atoms with Crippen molar-refractivity contribution in [3.63, 3.8) is 0 Å². The predicted molar refractivity (Wildman–Crippen MR) is 134 cm³/mol. The molecule has 2 saturated heterocycles. The van der Waals surface area contributed by atoms with Gasteiger partial charge >= 0.3 is 5.97 Å². The molecule has 36 heavy (non-hydrogen) atoms. The maximum atomic E-state index is 13.4. The molecule has 0 N–H and O–H groups in total. The number of hydrogen-bond donors (Lipinski definition) is 0. The Kier molecular flexibility index (Phi) is 6.71. The van der Waals surface area contributed by atoms with E-state index in [0.717, 1.165) is 6.42 Å². The Morgan fingerprint density at radius 1 is 0.972 bits per heavy atom. The Morgan fingerprint density at radius 3 is 2.44 bits per heavy atom. The molecule has 9 heteroatoms. The number of nitrogens with zero attached hydrogens (tertiary/aromatic N) is 3. The molecule has 3 amide bonds. The molecule has 0 aliphatic carbocycles. The number of benzene rings is 2. The van der Waals surface area contributed by atoms with Crippen molar-refractivity contribution in [2.75, 3.05) is 31.6 Å². The van der Waals surface area contributed by atoms with Crippen LogP contribution in [-0.2, 0) is 20.9 Å². The lowest BCUT2D eigenvalue weighted by atomic mass is 9.93.